The molecule has 1 aromatic heterocycles. The zero-order valence-electron chi connectivity index (χ0n) is 9.85. The summed E-state index contributed by atoms with van der Waals surface area (Å²) < 4.78 is 14.0. The summed E-state index contributed by atoms with van der Waals surface area (Å²) in [5.74, 6) is -2.43. The second kappa shape index (κ2) is 4.89. The zero-order valence-corrected chi connectivity index (χ0v) is 10.6. The maximum absolute atomic E-state index is 12.9. The van der Waals surface area contributed by atoms with Gasteiger partial charge < -0.3 is 5.11 Å². The monoisotopic (exact) mass is 284 g/mol. The molecular formula is C12H10ClFN2O3. The maximum Gasteiger partial charge on any atom is 0.312 e. The number of aliphatic carboxylic acids is 1. The predicted octanol–water partition coefficient (Wildman–Crippen LogP) is 2.15. The molecule has 1 atom stereocenters. The summed E-state index contributed by atoms with van der Waals surface area (Å²) in [7, 11) is 0. The lowest BCUT2D eigenvalue weighted by Gasteiger charge is -2.06. The highest BCUT2D eigenvalue weighted by Crippen LogP contribution is 2.20. The Kier molecular flexibility index (Phi) is 3.44. The third-order valence-electron chi connectivity index (χ3n) is 2.73. The van der Waals surface area contributed by atoms with E-state index < -0.39 is 23.3 Å². The fraction of sp³-hybridized carbons (Fsp3) is 0.167. The molecule has 0 saturated heterocycles. The first kappa shape index (κ1) is 13.4. The second-order valence-electron chi connectivity index (χ2n) is 4.04. The average molecular weight is 285 g/mol. The van der Waals surface area contributed by atoms with Gasteiger partial charge in [-0.05, 0) is 25.1 Å². The van der Waals surface area contributed by atoms with Crippen LogP contribution in [0, 0.1) is 5.82 Å². The second-order valence-corrected chi connectivity index (χ2v) is 4.45. The highest BCUT2D eigenvalue weighted by Gasteiger charge is 2.18. The number of benzene rings is 1. The molecule has 0 amide bonds. The first-order chi connectivity index (χ1) is 8.90. The van der Waals surface area contributed by atoms with Gasteiger partial charge in [-0.15, -0.1) is 0 Å². The number of carboxylic acids is 1. The molecule has 2 aromatic rings. The lowest BCUT2D eigenvalue weighted by atomic mass is 10.1. The largest absolute Gasteiger partial charge is 0.481 e. The van der Waals surface area contributed by atoms with Crippen molar-refractivity contribution in [3.05, 3.63) is 51.2 Å². The fourth-order valence-corrected chi connectivity index (χ4v) is 1.86. The Morgan fingerprint density at radius 1 is 1.47 bits per heavy atom. The molecule has 2 rings (SSSR count). The van der Waals surface area contributed by atoms with Crippen LogP contribution in [0.2, 0.25) is 5.02 Å². The molecule has 5 nitrogen and oxygen atoms in total. The molecule has 0 bridgehead atoms. The van der Waals surface area contributed by atoms with Crippen molar-refractivity contribution in [1.82, 2.24) is 9.78 Å². The summed E-state index contributed by atoms with van der Waals surface area (Å²) in [6, 6.07) is 4.75. The Labute approximate surface area is 112 Å². The quantitative estimate of drug-likeness (QED) is 0.907. The molecule has 0 radical (unpaired) electrons. The van der Waals surface area contributed by atoms with Crippen LogP contribution < -0.4 is 5.56 Å². The molecule has 0 saturated carbocycles. The van der Waals surface area contributed by atoms with Crippen molar-refractivity contribution in [1.29, 1.82) is 0 Å². The SMILES string of the molecule is CC(C(=O)O)c1cc(=O)n(-c2ccc(F)cc2Cl)[nH]1. The van der Waals surface area contributed by atoms with Crippen molar-refractivity contribution in [3.63, 3.8) is 0 Å². The van der Waals surface area contributed by atoms with E-state index in [1.54, 1.807) is 0 Å². The molecule has 7 heteroatoms. The van der Waals surface area contributed by atoms with Crippen LogP contribution in [0.1, 0.15) is 18.5 Å². The molecule has 0 aliphatic carbocycles. The van der Waals surface area contributed by atoms with E-state index in [0.717, 1.165) is 16.8 Å². The van der Waals surface area contributed by atoms with E-state index >= 15 is 0 Å². The van der Waals surface area contributed by atoms with Gasteiger partial charge in [0.05, 0.1) is 22.3 Å². The number of halogens is 2. The van der Waals surface area contributed by atoms with Gasteiger partial charge in [0, 0.05) is 6.07 Å². The molecule has 0 aliphatic heterocycles. The van der Waals surface area contributed by atoms with E-state index in [-0.39, 0.29) is 16.4 Å². The Hall–Kier alpha value is -2.08. The summed E-state index contributed by atoms with van der Waals surface area (Å²) in [4.78, 5) is 22.7. The van der Waals surface area contributed by atoms with Gasteiger partial charge in [0.1, 0.15) is 5.82 Å². The zero-order chi connectivity index (χ0) is 14.2. The molecule has 0 spiro atoms. The van der Waals surface area contributed by atoms with Gasteiger partial charge in [-0.25, -0.2) is 9.07 Å². The first-order valence-electron chi connectivity index (χ1n) is 5.40. The van der Waals surface area contributed by atoms with Crippen LogP contribution in [0.15, 0.2) is 29.1 Å². The number of rotatable bonds is 3. The number of carboxylic acid groups (broad SMARTS) is 1. The van der Waals surface area contributed by atoms with Gasteiger partial charge in [0.25, 0.3) is 5.56 Å². The van der Waals surface area contributed by atoms with Crippen molar-refractivity contribution in [3.8, 4) is 5.69 Å². The molecule has 1 aromatic carbocycles. The van der Waals surface area contributed by atoms with Gasteiger partial charge in [-0.3, -0.25) is 14.7 Å². The minimum absolute atomic E-state index is 0.0541. The van der Waals surface area contributed by atoms with Crippen molar-refractivity contribution in [2.45, 2.75) is 12.8 Å². The third kappa shape index (κ3) is 2.53. The average Bonchev–Trinajstić information content (AvgIpc) is 2.70. The molecule has 1 heterocycles. The number of aromatic amines is 1. The Morgan fingerprint density at radius 3 is 2.74 bits per heavy atom. The van der Waals surface area contributed by atoms with E-state index in [4.69, 9.17) is 16.7 Å². The molecule has 2 N–H and O–H groups in total. The summed E-state index contributed by atoms with van der Waals surface area (Å²) >= 11 is 5.85. The Balaban J connectivity index is 2.52. The van der Waals surface area contributed by atoms with Gasteiger partial charge >= 0.3 is 5.97 Å². The van der Waals surface area contributed by atoms with E-state index in [1.165, 1.54) is 19.1 Å². The van der Waals surface area contributed by atoms with E-state index in [2.05, 4.69) is 5.10 Å². The number of nitrogens with zero attached hydrogens (tertiary/aromatic N) is 1. The number of H-pyrrole nitrogens is 1. The molecule has 1 unspecified atom stereocenters. The number of hydrogen-bond acceptors (Lipinski definition) is 2. The Bertz CT molecular complexity index is 693. The van der Waals surface area contributed by atoms with E-state index in [0.29, 0.717) is 0 Å². The number of hydrogen-bond donors (Lipinski definition) is 2. The van der Waals surface area contributed by atoms with E-state index in [1.807, 2.05) is 0 Å². The minimum Gasteiger partial charge on any atom is -0.481 e. The van der Waals surface area contributed by atoms with Crippen molar-refractivity contribution in [2.24, 2.45) is 0 Å². The smallest absolute Gasteiger partial charge is 0.312 e. The van der Waals surface area contributed by atoms with Crippen molar-refractivity contribution in [2.75, 3.05) is 0 Å². The van der Waals surface area contributed by atoms with Crippen molar-refractivity contribution >= 4 is 17.6 Å². The first-order valence-corrected chi connectivity index (χ1v) is 5.78. The lowest BCUT2D eigenvalue weighted by Crippen LogP contribution is -2.14. The van der Waals surface area contributed by atoms with Gasteiger partial charge in [-0.2, -0.15) is 0 Å². The molecule has 100 valence electrons. The van der Waals surface area contributed by atoms with Crippen LogP contribution in [-0.4, -0.2) is 20.9 Å². The molecule has 19 heavy (non-hydrogen) atoms. The lowest BCUT2D eigenvalue weighted by molar-refractivity contribution is -0.138. The van der Waals surface area contributed by atoms with Crippen LogP contribution in [0.4, 0.5) is 4.39 Å². The van der Waals surface area contributed by atoms with Gasteiger partial charge in [0.15, 0.2) is 0 Å². The highest BCUT2D eigenvalue weighted by atomic mass is 35.5. The van der Waals surface area contributed by atoms with Gasteiger partial charge in [0.2, 0.25) is 0 Å². The minimum atomic E-state index is -1.06. The van der Waals surface area contributed by atoms with E-state index in [9.17, 15) is 14.0 Å². The Morgan fingerprint density at radius 2 is 2.16 bits per heavy atom. The molecule has 0 aliphatic rings. The van der Waals surface area contributed by atoms with Gasteiger partial charge in [-0.1, -0.05) is 11.6 Å². The van der Waals surface area contributed by atoms with Crippen molar-refractivity contribution < 1.29 is 14.3 Å². The summed E-state index contributed by atoms with van der Waals surface area (Å²) in [5.41, 5.74) is 0.0476. The molecule has 0 fully saturated rings. The standard InChI is InChI=1S/C12H10ClFN2O3/c1-6(12(18)19)9-5-11(17)16(15-9)10-3-2-7(14)4-8(10)13/h2-6,15H,1H3,(H,18,19). The highest BCUT2D eigenvalue weighted by molar-refractivity contribution is 6.32. The number of nitrogens with one attached hydrogen (secondary N) is 1. The van der Waals surface area contributed by atoms with Crippen LogP contribution in [0.3, 0.4) is 0 Å². The summed E-state index contributed by atoms with van der Waals surface area (Å²) in [6.45, 7) is 1.45. The number of carbonyl (C=O) groups is 1. The van der Waals surface area contributed by atoms with Crippen LogP contribution in [0.25, 0.3) is 5.69 Å². The summed E-state index contributed by atoms with van der Waals surface area (Å²) in [5, 5.41) is 11.6. The van der Waals surface area contributed by atoms with Crippen LogP contribution in [-0.2, 0) is 4.79 Å². The van der Waals surface area contributed by atoms with Crippen LogP contribution >= 0.6 is 11.6 Å². The maximum atomic E-state index is 12.9. The third-order valence-corrected chi connectivity index (χ3v) is 3.03. The summed E-state index contributed by atoms with van der Waals surface area (Å²) in [6.07, 6.45) is 0. The topological polar surface area (TPSA) is 75.1 Å². The molecular weight excluding hydrogens is 275 g/mol. The van der Waals surface area contributed by atoms with Crippen LogP contribution in [0.5, 0.6) is 0 Å². The normalized spacial score (nSPS) is 12.4. The predicted molar refractivity (Wildman–Crippen MR) is 67.4 cm³/mol. The fourth-order valence-electron chi connectivity index (χ4n) is 1.61. The number of aromatic nitrogens is 2.